The average molecular weight is 331 g/mol. The second kappa shape index (κ2) is 7.99. The Morgan fingerprint density at radius 2 is 2.08 bits per heavy atom. The van der Waals surface area contributed by atoms with Crippen LogP contribution in [0.4, 0.5) is 0 Å². The summed E-state index contributed by atoms with van der Waals surface area (Å²) in [6, 6.07) is 8.45. The Hall–Kier alpha value is -1.59. The number of hydrogen-bond acceptors (Lipinski definition) is 4. The molecule has 5 heteroatoms. The van der Waals surface area contributed by atoms with E-state index in [-0.39, 0.29) is 12.0 Å². The highest BCUT2D eigenvalue weighted by molar-refractivity contribution is 5.79. The van der Waals surface area contributed by atoms with Gasteiger partial charge in [0.1, 0.15) is 5.75 Å². The summed E-state index contributed by atoms with van der Waals surface area (Å²) in [4.78, 5) is 17.2. The quantitative estimate of drug-likeness (QED) is 0.889. The lowest BCUT2D eigenvalue weighted by Crippen LogP contribution is -2.49. The lowest BCUT2D eigenvalue weighted by molar-refractivity contribution is -0.129. The normalized spacial score (nSPS) is 22.1. The van der Waals surface area contributed by atoms with Crippen molar-refractivity contribution in [3.63, 3.8) is 0 Å². The zero-order valence-electron chi connectivity index (χ0n) is 14.8. The molecule has 3 rings (SSSR count). The third-order valence-electron chi connectivity index (χ3n) is 4.81. The molecule has 24 heavy (non-hydrogen) atoms. The standard InChI is InChI=1S/C19H29N3O2/c1-15(2)24-18-5-3-4-16(12-18)13-19(23)22-9-6-17(14-22)21-10-7-20-8-11-21/h3-5,12,15,17,20H,6-11,13-14H2,1-2H3. The Labute approximate surface area is 145 Å². The molecule has 2 aliphatic rings. The summed E-state index contributed by atoms with van der Waals surface area (Å²) in [6.45, 7) is 10.1. The van der Waals surface area contributed by atoms with Gasteiger partial charge in [-0.25, -0.2) is 0 Å². The van der Waals surface area contributed by atoms with Crippen molar-refractivity contribution in [1.82, 2.24) is 15.1 Å². The summed E-state index contributed by atoms with van der Waals surface area (Å²) in [5.74, 6) is 1.07. The van der Waals surface area contributed by atoms with Crippen LogP contribution < -0.4 is 10.1 Å². The van der Waals surface area contributed by atoms with Crippen molar-refractivity contribution in [3.8, 4) is 5.75 Å². The number of hydrogen-bond donors (Lipinski definition) is 1. The molecule has 5 nitrogen and oxygen atoms in total. The van der Waals surface area contributed by atoms with Gasteiger partial charge in [0, 0.05) is 45.3 Å². The molecule has 2 aliphatic heterocycles. The molecule has 132 valence electrons. The first-order valence-corrected chi connectivity index (χ1v) is 9.10. The molecule has 0 aliphatic carbocycles. The van der Waals surface area contributed by atoms with Crippen LogP contribution in [0.2, 0.25) is 0 Å². The third-order valence-corrected chi connectivity index (χ3v) is 4.81. The lowest BCUT2D eigenvalue weighted by Gasteiger charge is -2.32. The highest BCUT2D eigenvalue weighted by Gasteiger charge is 2.30. The molecule has 0 aromatic heterocycles. The van der Waals surface area contributed by atoms with Crippen molar-refractivity contribution in [2.75, 3.05) is 39.3 Å². The van der Waals surface area contributed by atoms with Crippen molar-refractivity contribution >= 4 is 5.91 Å². The fraction of sp³-hybridized carbons (Fsp3) is 0.632. The summed E-state index contributed by atoms with van der Waals surface area (Å²) >= 11 is 0. The van der Waals surface area contributed by atoms with Crippen molar-refractivity contribution in [2.24, 2.45) is 0 Å². The molecule has 2 fully saturated rings. The van der Waals surface area contributed by atoms with Crippen LogP contribution >= 0.6 is 0 Å². The van der Waals surface area contributed by atoms with E-state index in [2.05, 4.69) is 10.2 Å². The van der Waals surface area contributed by atoms with Gasteiger partial charge in [0.25, 0.3) is 0 Å². The van der Waals surface area contributed by atoms with Gasteiger partial charge in [0.2, 0.25) is 5.91 Å². The second-order valence-electron chi connectivity index (χ2n) is 7.06. The van der Waals surface area contributed by atoms with Gasteiger partial charge in [-0.3, -0.25) is 9.69 Å². The number of likely N-dealkylation sites (tertiary alicyclic amines) is 1. The fourth-order valence-electron chi connectivity index (χ4n) is 3.60. The number of rotatable bonds is 5. The number of amides is 1. The molecule has 0 bridgehead atoms. The van der Waals surface area contributed by atoms with Gasteiger partial charge in [-0.05, 0) is 38.0 Å². The maximum atomic E-state index is 12.6. The number of carbonyl (C=O) groups is 1. The molecule has 1 amide bonds. The van der Waals surface area contributed by atoms with Crippen LogP contribution in [0.15, 0.2) is 24.3 Å². The van der Waals surface area contributed by atoms with E-state index < -0.39 is 0 Å². The maximum absolute atomic E-state index is 12.6. The molecule has 1 aromatic carbocycles. The van der Waals surface area contributed by atoms with Crippen LogP contribution in [-0.2, 0) is 11.2 Å². The maximum Gasteiger partial charge on any atom is 0.227 e. The Morgan fingerprint density at radius 3 is 2.83 bits per heavy atom. The number of nitrogens with one attached hydrogen (secondary N) is 1. The summed E-state index contributed by atoms with van der Waals surface area (Å²) in [6.07, 6.45) is 1.71. The van der Waals surface area contributed by atoms with E-state index in [1.165, 1.54) is 0 Å². The molecular weight excluding hydrogens is 302 g/mol. The van der Waals surface area contributed by atoms with Gasteiger partial charge in [-0.1, -0.05) is 12.1 Å². The van der Waals surface area contributed by atoms with Crippen LogP contribution in [0.5, 0.6) is 5.75 Å². The number of ether oxygens (including phenoxy) is 1. The van der Waals surface area contributed by atoms with Gasteiger partial charge < -0.3 is 15.0 Å². The molecule has 2 heterocycles. The monoisotopic (exact) mass is 331 g/mol. The number of carbonyl (C=O) groups excluding carboxylic acids is 1. The molecule has 1 aromatic rings. The first kappa shape index (κ1) is 17.2. The summed E-state index contributed by atoms with van der Waals surface area (Å²) in [7, 11) is 0. The number of benzene rings is 1. The predicted octanol–water partition coefficient (Wildman–Crippen LogP) is 1.52. The topological polar surface area (TPSA) is 44.8 Å². The van der Waals surface area contributed by atoms with E-state index in [0.29, 0.717) is 12.5 Å². The molecule has 1 atom stereocenters. The van der Waals surface area contributed by atoms with E-state index in [9.17, 15) is 4.79 Å². The number of piperazine rings is 1. The largest absolute Gasteiger partial charge is 0.491 e. The van der Waals surface area contributed by atoms with E-state index in [4.69, 9.17) is 4.74 Å². The summed E-state index contributed by atoms with van der Waals surface area (Å²) < 4.78 is 5.72. The van der Waals surface area contributed by atoms with Gasteiger partial charge >= 0.3 is 0 Å². The van der Waals surface area contributed by atoms with Gasteiger partial charge in [-0.2, -0.15) is 0 Å². The third kappa shape index (κ3) is 4.48. The smallest absolute Gasteiger partial charge is 0.227 e. The Morgan fingerprint density at radius 1 is 1.29 bits per heavy atom. The summed E-state index contributed by atoms with van der Waals surface area (Å²) in [5, 5.41) is 3.39. The van der Waals surface area contributed by atoms with Crippen molar-refractivity contribution in [2.45, 2.75) is 38.8 Å². The first-order chi connectivity index (χ1) is 11.6. The SMILES string of the molecule is CC(C)Oc1cccc(CC(=O)N2CCC(N3CCNCC3)C2)c1. The Balaban J connectivity index is 1.53. The molecule has 2 saturated heterocycles. The van der Waals surface area contributed by atoms with Crippen LogP contribution in [0.25, 0.3) is 0 Å². The van der Waals surface area contributed by atoms with Crippen LogP contribution in [0, 0.1) is 0 Å². The fourth-order valence-corrected chi connectivity index (χ4v) is 3.60. The minimum Gasteiger partial charge on any atom is -0.491 e. The van der Waals surface area contributed by atoms with Crippen molar-refractivity contribution < 1.29 is 9.53 Å². The summed E-state index contributed by atoms with van der Waals surface area (Å²) in [5.41, 5.74) is 1.03. The van der Waals surface area contributed by atoms with Crippen LogP contribution in [0.1, 0.15) is 25.8 Å². The molecular formula is C19H29N3O2. The highest BCUT2D eigenvalue weighted by atomic mass is 16.5. The Kier molecular flexibility index (Phi) is 5.74. The van der Waals surface area contributed by atoms with E-state index in [0.717, 1.165) is 57.0 Å². The molecule has 0 spiro atoms. The van der Waals surface area contributed by atoms with Crippen molar-refractivity contribution in [3.05, 3.63) is 29.8 Å². The molecule has 1 unspecified atom stereocenters. The van der Waals surface area contributed by atoms with Gasteiger partial charge in [-0.15, -0.1) is 0 Å². The first-order valence-electron chi connectivity index (χ1n) is 9.10. The zero-order valence-corrected chi connectivity index (χ0v) is 14.8. The molecule has 1 N–H and O–H groups in total. The predicted molar refractivity (Wildman–Crippen MR) is 95.3 cm³/mol. The molecule has 0 radical (unpaired) electrons. The number of nitrogens with zero attached hydrogens (tertiary/aromatic N) is 2. The highest BCUT2D eigenvalue weighted by Crippen LogP contribution is 2.19. The second-order valence-corrected chi connectivity index (χ2v) is 7.06. The zero-order chi connectivity index (χ0) is 16.9. The van der Waals surface area contributed by atoms with Gasteiger partial charge in [0.05, 0.1) is 12.5 Å². The van der Waals surface area contributed by atoms with Crippen molar-refractivity contribution in [1.29, 1.82) is 0 Å². The van der Waals surface area contributed by atoms with E-state index in [1.807, 2.05) is 43.0 Å². The average Bonchev–Trinajstić information content (AvgIpc) is 3.05. The lowest BCUT2D eigenvalue weighted by atomic mass is 10.1. The Bertz CT molecular complexity index is 555. The van der Waals surface area contributed by atoms with Crippen LogP contribution in [0.3, 0.4) is 0 Å². The van der Waals surface area contributed by atoms with E-state index >= 15 is 0 Å². The molecule has 0 saturated carbocycles. The minimum absolute atomic E-state index is 0.148. The van der Waals surface area contributed by atoms with Crippen LogP contribution in [-0.4, -0.2) is 67.1 Å². The van der Waals surface area contributed by atoms with E-state index in [1.54, 1.807) is 0 Å². The van der Waals surface area contributed by atoms with Gasteiger partial charge in [0.15, 0.2) is 0 Å². The minimum atomic E-state index is 0.148.